The van der Waals surface area contributed by atoms with Gasteiger partial charge >= 0.3 is 0 Å². The van der Waals surface area contributed by atoms with Gasteiger partial charge in [-0.15, -0.1) is 0 Å². The van der Waals surface area contributed by atoms with Crippen molar-refractivity contribution in [3.63, 3.8) is 0 Å². The molecule has 0 spiro atoms. The average molecular weight is 320 g/mol. The van der Waals surface area contributed by atoms with Crippen LogP contribution in [0.2, 0.25) is 5.02 Å². The minimum absolute atomic E-state index is 0.0561. The highest BCUT2D eigenvalue weighted by molar-refractivity contribution is 7.89. The highest BCUT2D eigenvalue weighted by Gasteiger charge is 2.19. The van der Waals surface area contributed by atoms with Crippen LogP contribution < -0.4 is 15.8 Å². The predicted octanol–water partition coefficient (Wildman–Crippen LogP) is 0.602. The van der Waals surface area contributed by atoms with Gasteiger partial charge in [-0.1, -0.05) is 17.7 Å². The number of hydrogen-bond donors (Lipinski definition) is 3. The van der Waals surface area contributed by atoms with Crippen LogP contribution in [-0.2, 0) is 21.4 Å². The normalized spacial score (nSPS) is 11.7. The van der Waals surface area contributed by atoms with Gasteiger partial charge in [0.15, 0.2) is 0 Å². The van der Waals surface area contributed by atoms with Crippen LogP contribution >= 0.6 is 11.6 Å². The molecule has 0 aromatic heterocycles. The Labute approximate surface area is 123 Å². The Morgan fingerprint density at radius 3 is 2.55 bits per heavy atom. The number of carbonyl (C=O) groups is 1. The number of amides is 1. The maximum Gasteiger partial charge on any atom is 0.242 e. The zero-order valence-electron chi connectivity index (χ0n) is 11.3. The second kappa shape index (κ2) is 7.03. The Morgan fingerprint density at radius 1 is 1.40 bits per heavy atom. The predicted molar refractivity (Wildman–Crippen MR) is 77.8 cm³/mol. The first-order valence-electron chi connectivity index (χ1n) is 6.04. The van der Waals surface area contributed by atoms with E-state index in [-0.39, 0.29) is 29.0 Å². The zero-order valence-corrected chi connectivity index (χ0v) is 12.9. The molecule has 20 heavy (non-hydrogen) atoms. The summed E-state index contributed by atoms with van der Waals surface area (Å²) in [5.41, 5.74) is 6.17. The maximum atomic E-state index is 12.0. The number of nitrogens with one attached hydrogen (secondary N) is 2. The fourth-order valence-corrected chi connectivity index (χ4v) is 3.05. The SMILES string of the molecule is CC(C)NC(=O)CNS(=O)(=O)c1ccc(CN)cc1Cl. The molecule has 0 fully saturated rings. The van der Waals surface area contributed by atoms with Crippen molar-refractivity contribution < 1.29 is 13.2 Å². The van der Waals surface area contributed by atoms with Crippen LogP contribution in [-0.4, -0.2) is 26.9 Å². The van der Waals surface area contributed by atoms with Gasteiger partial charge in [0, 0.05) is 12.6 Å². The molecule has 8 heteroatoms. The average Bonchev–Trinajstić information content (AvgIpc) is 2.35. The Bertz CT molecular complexity index is 588. The molecule has 6 nitrogen and oxygen atoms in total. The molecular formula is C12H18ClN3O3S. The lowest BCUT2D eigenvalue weighted by molar-refractivity contribution is -0.120. The van der Waals surface area contributed by atoms with Gasteiger partial charge in [0.25, 0.3) is 0 Å². The second-order valence-electron chi connectivity index (χ2n) is 4.52. The number of nitrogens with two attached hydrogens (primary N) is 1. The van der Waals surface area contributed by atoms with Crippen molar-refractivity contribution in [1.29, 1.82) is 0 Å². The van der Waals surface area contributed by atoms with Gasteiger partial charge in [-0.3, -0.25) is 4.79 Å². The molecular weight excluding hydrogens is 302 g/mol. The summed E-state index contributed by atoms with van der Waals surface area (Å²) in [6.07, 6.45) is 0. The van der Waals surface area contributed by atoms with Crippen LogP contribution in [0.5, 0.6) is 0 Å². The molecule has 0 atom stereocenters. The summed E-state index contributed by atoms with van der Waals surface area (Å²) in [5, 5.41) is 2.66. The first-order chi connectivity index (χ1) is 9.26. The molecule has 0 bridgehead atoms. The molecule has 0 unspecified atom stereocenters. The first kappa shape index (κ1) is 16.9. The lowest BCUT2D eigenvalue weighted by Crippen LogP contribution is -2.39. The molecule has 0 saturated carbocycles. The lowest BCUT2D eigenvalue weighted by atomic mass is 10.2. The Hall–Kier alpha value is -1.15. The Balaban J connectivity index is 2.81. The van der Waals surface area contributed by atoms with E-state index in [1.54, 1.807) is 19.9 Å². The molecule has 0 aliphatic heterocycles. The summed E-state index contributed by atoms with van der Waals surface area (Å²) < 4.78 is 26.3. The van der Waals surface area contributed by atoms with Crippen LogP contribution in [0, 0.1) is 0 Å². The van der Waals surface area contributed by atoms with E-state index in [1.807, 2.05) is 0 Å². The van der Waals surface area contributed by atoms with E-state index >= 15 is 0 Å². The molecule has 0 aliphatic carbocycles. The van der Waals surface area contributed by atoms with Crippen molar-refractivity contribution in [3.8, 4) is 0 Å². The number of carbonyl (C=O) groups excluding carboxylic acids is 1. The topological polar surface area (TPSA) is 101 Å². The van der Waals surface area contributed by atoms with E-state index in [9.17, 15) is 13.2 Å². The van der Waals surface area contributed by atoms with Gasteiger partial charge in [0.1, 0.15) is 4.90 Å². The summed E-state index contributed by atoms with van der Waals surface area (Å²) in [6.45, 7) is 3.50. The molecule has 4 N–H and O–H groups in total. The van der Waals surface area contributed by atoms with Crippen LogP contribution in [0.1, 0.15) is 19.4 Å². The Morgan fingerprint density at radius 2 is 2.05 bits per heavy atom. The van der Waals surface area contributed by atoms with E-state index in [4.69, 9.17) is 17.3 Å². The van der Waals surface area contributed by atoms with Crippen molar-refractivity contribution in [1.82, 2.24) is 10.0 Å². The fraction of sp³-hybridized carbons (Fsp3) is 0.417. The highest BCUT2D eigenvalue weighted by Crippen LogP contribution is 2.22. The molecule has 1 amide bonds. The summed E-state index contributed by atoms with van der Waals surface area (Å²) in [5.74, 6) is -0.404. The second-order valence-corrected chi connectivity index (χ2v) is 6.66. The van der Waals surface area contributed by atoms with E-state index < -0.39 is 15.9 Å². The summed E-state index contributed by atoms with van der Waals surface area (Å²) in [6, 6.07) is 4.38. The summed E-state index contributed by atoms with van der Waals surface area (Å²) >= 11 is 5.92. The van der Waals surface area contributed by atoms with E-state index in [1.165, 1.54) is 12.1 Å². The minimum Gasteiger partial charge on any atom is -0.353 e. The largest absolute Gasteiger partial charge is 0.353 e. The van der Waals surface area contributed by atoms with Crippen LogP contribution in [0.25, 0.3) is 0 Å². The van der Waals surface area contributed by atoms with Gasteiger partial charge in [-0.2, -0.15) is 0 Å². The van der Waals surface area contributed by atoms with E-state index in [2.05, 4.69) is 10.0 Å². The van der Waals surface area contributed by atoms with Crippen molar-refractivity contribution in [3.05, 3.63) is 28.8 Å². The number of halogens is 1. The van der Waals surface area contributed by atoms with Gasteiger partial charge in [-0.05, 0) is 31.5 Å². The van der Waals surface area contributed by atoms with Crippen LogP contribution in [0.3, 0.4) is 0 Å². The van der Waals surface area contributed by atoms with Crippen molar-refractivity contribution in [2.45, 2.75) is 31.3 Å². The van der Waals surface area contributed by atoms with Crippen molar-refractivity contribution >= 4 is 27.5 Å². The molecule has 0 aliphatic rings. The molecule has 1 aromatic carbocycles. The molecule has 112 valence electrons. The van der Waals surface area contributed by atoms with Crippen molar-refractivity contribution in [2.75, 3.05) is 6.54 Å². The molecule has 0 saturated heterocycles. The quantitative estimate of drug-likeness (QED) is 0.714. The van der Waals surface area contributed by atoms with E-state index in [0.29, 0.717) is 0 Å². The molecule has 0 heterocycles. The van der Waals surface area contributed by atoms with Crippen LogP contribution in [0.15, 0.2) is 23.1 Å². The van der Waals surface area contributed by atoms with Gasteiger partial charge < -0.3 is 11.1 Å². The molecule has 0 radical (unpaired) electrons. The van der Waals surface area contributed by atoms with Gasteiger partial charge in [0.2, 0.25) is 15.9 Å². The standard InChI is InChI=1S/C12H18ClN3O3S/c1-8(2)16-12(17)7-15-20(18,19)11-4-3-9(6-14)5-10(11)13/h3-5,8,15H,6-7,14H2,1-2H3,(H,16,17). The third-order valence-corrected chi connectivity index (χ3v) is 4.28. The first-order valence-corrected chi connectivity index (χ1v) is 7.90. The summed E-state index contributed by atoms with van der Waals surface area (Å²) in [7, 11) is -3.83. The molecule has 1 rings (SSSR count). The lowest BCUT2D eigenvalue weighted by Gasteiger charge is -2.11. The number of rotatable bonds is 6. The number of hydrogen-bond acceptors (Lipinski definition) is 4. The zero-order chi connectivity index (χ0) is 15.3. The molecule has 1 aromatic rings. The fourth-order valence-electron chi connectivity index (χ4n) is 1.50. The number of benzene rings is 1. The number of sulfonamides is 1. The Kier molecular flexibility index (Phi) is 5.94. The van der Waals surface area contributed by atoms with E-state index in [0.717, 1.165) is 5.56 Å². The van der Waals surface area contributed by atoms with Crippen molar-refractivity contribution in [2.24, 2.45) is 5.73 Å². The smallest absolute Gasteiger partial charge is 0.242 e. The van der Waals surface area contributed by atoms with Gasteiger partial charge in [0.05, 0.1) is 11.6 Å². The maximum absolute atomic E-state index is 12.0. The van der Waals surface area contributed by atoms with Crippen LogP contribution in [0.4, 0.5) is 0 Å². The third kappa shape index (κ3) is 4.75. The highest BCUT2D eigenvalue weighted by atomic mass is 35.5. The minimum atomic E-state index is -3.83. The third-order valence-electron chi connectivity index (χ3n) is 2.39. The van der Waals surface area contributed by atoms with Gasteiger partial charge in [-0.25, -0.2) is 13.1 Å². The summed E-state index contributed by atoms with van der Waals surface area (Å²) in [4.78, 5) is 11.4. The monoisotopic (exact) mass is 319 g/mol.